The van der Waals surface area contributed by atoms with Gasteiger partial charge in [0.1, 0.15) is 10.6 Å². The molecule has 3 rings (SSSR count). The van der Waals surface area contributed by atoms with Gasteiger partial charge in [-0.1, -0.05) is 29.8 Å². The monoisotopic (exact) mass is 391 g/mol. The zero-order valence-corrected chi connectivity index (χ0v) is 15.6. The average molecular weight is 392 g/mol. The zero-order chi connectivity index (χ0) is 17.8. The summed E-state index contributed by atoms with van der Waals surface area (Å²) in [6, 6.07) is 10.9. The Morgan fingerprint density at radius 2 is 1.92 bits per heavy atom. The van der Waals surface area contributed by atoms with Crippen LogP contribution in [0.1, 0.15) is 15.9 Å². The Hall–Kier alpha value is -2.15. The van der Waals surface area contributed by atoms with Crippen LogP contribution in [0, 0.1) is 0 Å². The maximum absolute atomic E-state index is 12.3. The molecule has 0 saturated carbocycles. The van der Waals surface area contributed by atoms with Gasteiger partial charge in [-0.3, -0.25) is 4.79 Å². The highest BCUT2D eigenvalue weighted by molar-refractivity contribution is 7.17. The number of anilines is 1. The van der Waals surface area contributed by atoms with E-state index in [0.29, 0.717) is 15.6 Å². The van der Waals surface area contributed by atoms with E-state index in [1.165, 1.54) is 29.8 Å². The molecule has 25 heavy (non-hydrogen) atoms. The van der Waals surface area contributed by atoms with E-state index in [4.69, 9.17) is 16.3 Å². The number of benzene rings is 1. The molecule has 0 atom stereocenters. The number of hydrogen-bond acceptors (Lipinski definition) is 5. The van der Waals surface area contributed by atoms with Gasteiger partial charge < -0.3 is 10.1 Å². The van der Waals surface area contributed by atoms with Crippen molar-refractivity contribution in [2.24, 2.45) is 0 Å². The van der Waals surface area contributed by atoms with Gasteiger partial charge in [0.25, 0.3) is 0 Å². The number of carbonyl (C=O) groups excluding carboxylic acids is 2. The molecule has 3 aromatic rings. The summed E-state index contributed by atoms with van der Waals surface area (Å²) in [7, 11) is 1.33. The number of halogens is 1. The molecule has 2 heterocycles. The van der Waals surface area contributed by atoms with E-state index in [2.05, 4.69) is 5.32 Å². The molecule has 1 N–H and O–H groups in total. The first-order chi connectivity index (χ1) is 12.1. The lowest BCUT2D eigenvalue weighted by atomic mass is 10.1. The van der Waals surface area contributed by atoms with Crippen LogP contribution in [0.4, 0.5) is 5.00 Å². The van der Waals surface area contributed by atoms with Crippen LogP contribution in [0.25, 0.3) is 10.4 Å². The molecule has 1 amide bonds. The van der Waals surface area contributed by atoms with Gasteiger partial charge in [-0.15, -0.1) is 22.7 Å². The number of nitrogens with one attached hydrogen (secondary N) is 1. The third-order valence-electron chi connectivity index (χ3n) is 3.50. The fraction of sp³-hybridized carbons (Fsp3) is 0.111. The molecule has 0 saturated heterocycles. The Morgan fingerprint density at radius 1 is 1.16 bits per heavy atom. The summed E-state index contributed by atoms with van der Waals surface area (Å²) in [5, 5.41) is 7.73. The first-order valence-electron chi connectivity index (χ1n) is 7.36. The van der Waals surface area contributed by atoms with E-state index in [0.717, 1.165) is 16.0 Å². The van der Waals surface area contributed by atoms with E-state index < -0.39 is 5.97 Å². The van der Waals surface area contributed by atoms with Crippen LogP contribution in [0.3, 0.4) is 0 Å². The van der Waals surface area contributed by atoms with E-state index in [-0.39, 0.29) is 12.3 Å². The van der Waals surface area contributed by atoms with Gasteiger partial charge in [-0.05, 0) is 29.1 Å². The third kappa shape index (κ3) is 4.10. The van der Waals surface area contributed by atoms with Crippen molar-refractivity contribution in [1.82, 2.24) is 0 Å². The van der Waals surface area contributed by atoms with Crippen molar-refractivity contribution in [3.8, 4) is 10.4 Å². The summed E-state index contributed by atoms with van der Waals surface area (Å²) in [5.41, 5.74) is 2.00. The first-order valence-corrected chi connectivity index (χ1v) is 9.50. The number of amides is 1. The Morgan fingerprint density at radius 3 is 2.56 bits per heavy atom. The van der Waals surface area contributed by atoms with Gasteiger partial charge in [-0.2, -0.15) is 0 Å². The summed E-state index contributed by atoms with van der Waals surface area (Å²) in [5.74, 6) is -0.668. The molecule has 1 aromatic carbocycles. The Bertz CT molecular complexity index is 886. The van der Waals surface area contributed by atoms with Gasteiger partial charge in [-0.25, -0.2) is 4.79 Å². The molecule has 0 bridgehead atoms. The highest BCUT2D eigenvalue weighted by atomic mass is 35.5. The molecule has 0 aliphatic heterocycles. The lowest BCUT2D eigenvalue weighted by molar-refractivity contribution is -0.115. The van der Waals surface area contributed by atoms with Gasteiger partial charge in [0.15, 0.2) is 0 Å². The summed E-state index contributed by atoms with van der Waals surface area (Å²) >= 11 is 8.69. The quantitative estimate of drug-likeness (QED) is 0.616. The minimum atomic E-state index is -0.466. The van der Waals surface area contributed by atoms with Crippen molar-refractivity contribution in [3.63, 3.8) is 0 Å². The first kappa shape index (κ1) is 17.7. The lowest BCUT2D eigenvalue weighted by Gasteiger charge is -2.07. The number of hydrogen-bond donors (Lipinski definition) is 1. The van der Waals surface area contributed by atoms with E-state index in [1.807, 2.05) is 22.9 Å². The molecule has 0 spiro atoms. The molecule has 0 aliphatic carbocycles. The van der Waals surface area contributed by atoms with Crippen LogP contribution in [0.15, 0.2) is 47.2 Å². The fourth-order valence-electron chi connectivity index (χ4n) is 2.33. The Labute approximate surface area is 158 Å². The van der Waals surface area contributed by atoms with Crippen molar-refractivity contribution >= 4 is 51.2 Å². The van der Waals surface area contributed by atoms with Gasteiger partial charge in [0.05, 0.1) is 13.5 Å². The third-order valence-corrected chi connectivity index (χ3v) is 5.55. The summed E-state index contributed by atoms with van der Waals surface area (Å²) in [6.07, 6.45) is 0.198. The molecule has 2 aromatic heterocycles. The zero-order valence-electron chi connectivity index (χ0n) is 13.2. The number of methoxy groups -OCH3 is 1. The Kier molecular flexibility index (Phi) is 5.53. The molecule has 128 valence electrons. The van der Waals surface area contributed by atoms with Crippen LogP contribution in [0.2, 0.25) is 5.02 Å². The molecule has 0 unspecified atom stereocenters. The molecular formula is C18H14ClNO3S2. The number of ether oxygens (including phenoxy) is 1. The van der Waals surface area contributed by atoms with E-state index in [9.17, 15) is 9.59 Å². The average Bonchev–Trinajstić information content (AvgIpc) is 3.25. The lowest BCUT2D eigenvalue weighted by Crippen LogP contribution is -2.16. The van der Waals surface area contributed by atoms with Crippen molar-refractivity contribution in [3.05, 3.63) is 63.3 Å². The van der Waals surface area contributed by atoms with Gasteiger partial charge >= 0.3 is 5.97 Å². The minimum absolute atomic E-state index is 0.198. The van der Waals surface area contributed by atoms with Crippen LogP contribution in [-0.2, 0) is 16.0 Å². The molecule has 4 nitrogen and oxygen atoms in total. The highest BCUT2D eigenvalue weighted by Gasteiger charge is 2.22. The SMILES string of the molecule is COC(=O)c1c(-c2cccs2)csc1NC(=O)Cc1ccc(Cl)cc1. The predicted octanol–water partition coefficient (Wildman–Crippen LogP) is 5.10. The summed E-state index contributed by atoms with van der Waals surface area (Å²) < 4.78 is 4.89. The van der Waals surface area contributed by atoms with Crippen LogP contribution >= 0.6 is 34.3 Å². The second kappa shape index (κ2) is 7.82. The van der Waals surface area contributed by atoms with E-state index in [1.54, 1.807) is 24.3 Å². The maximum atomic E-state index is 12.3. The van der Waals surface area contributed by atoms with Gasteiger partial charge in [0.2, 0.25) is 5.91 Å². The van der Waals surface area contributed by atoms with Crippen molar-refractivity contribution in [1.29, 1.82) is 0 Å². The van der Waals surface area contributed by atoms with Crippen LogP contribution in [-0.4, -0.2) is 19.0 Å². The normalized spacial score (nSPS) is 10.5. The summed E-state index contributed by atoms with van der Waals surface area (Å²) in [4.78, 5) is 25.5. The van der Waals surface area contributed by atoms with Crippen molar-refractivity contribution < 1.29 is 14.3 Å². The topological polar surface area (TPSA) is 55.4 Å². The van der Waals surface area contributed by atoms with Crippen LogP contribution in [0.5, 0.6) is 0 Å². The molecule has 0 fully saturated rings. The summed E-state index contributed by atoms with van der Waals surface area (Å²) in [6.45, 7) is 0. The largest absolute Gasteiger partial charge is 0.465 e. The second-order valence-corrected chi connectivity index (χ2v) is 7.44. The Balaban J connectivity index is 1.83. The molecule has 7 heteroatoms. The van der Waals surface area contributed by atoms with Crippen molar-refractivity contribution in [2.75, 3.05) is 12.4 Å². The fourth-order valence-corrected chi connectivity index (χ4v) is 4.24. The standard InChI is InChI=1S/C18H14ClNO3S2/c1-23-18(22)16-13(14-3-2-8-24-14)10-25-17(16)20-15(21)9-11-4-6-12(19)7-5-11/h2-8,10H,9H2,1H3,(H,20,21). The number of carbonyl (C=O) groups is 2. The number of thiophene rings is 2. The second-order valence-electron chi connectivity index (χ2n) is 5.17. The van der Waals surface area contributed by atoms with Crippen LogP contribution < -0.4 is 5.32 Å². The number of rotatable bonds is 5. The molecule has 0 aliphatic rings. The highest BCUT2D eigenvalue weighted by Crippen LogP contribution is 2.38. The van der Waals surface area contributed by atoms with Crippen molar-refractivity contribution in [2.45, 2.75) is 6.42 Å². The maximum Gasteiger partial charge on any atom is 0.341 e. The molecule has 0 radical (unpaired) electrons. The number of esters is 1. The minimum Gasteiger partial charge on any atom is -0.465 e. The van der Waals surface area contributed by atoms with E-state index >= 15 is 0 Å². The smallest absolute Gasteiger partial charge is 0.341 e. The predicted molar refractivity (Wildman–Crippen MR) is 103 cm³/mol. The molecular weight excluding hydrogens is 378 g/mol. The van der Waals surface area contributed by atoms with Gasteiger partial charge in [0, 0.05) is 20.8 Å².